The number of hydrogen-bond acceptors (Lipinski definition) is 15. The zero-order valence-corrected chi connectivity index (χ0v) is 80.4. The third-order valence-electron chi connectivity index (χ3n) is 26.0. The first-order valence-electron chi connectivity index (χ1n) is 45.5. The standard InChI is InChI=1S/C27H25Cl2FN4O2.C26H24Cl2FN3O2.2C25H22Cl2FN3O3/c28-20-6-9-24(23(29)11-20)34-26-19(10-16-4-7-21(30)8-5-16)14-36-15-22(26)25(31-34)27(35)32-33-12-17-2-1-3-18(17)13-33;27-18-8-11-23(22(28)13-18)32-25-17(12-16-6-9-19(29)10-7-16)14-34-15-21(25)24(31-32)26(33)30-20-4-2-1-3-5-20;2*26-17-5-8-22(21(27)11-17)31-24-16(10-15-3-6-18(28)7-4-15)13-34-14-20(24)23(29-31)25(33)30-9-1-2-19(30)12-32/h4-11,17-18H,1-3,12-15H2,(H,32,35);6-13,20H,1-5,14-15H2,(H,30,33);2*3-8,10-11,19,32H,1-2,9,12-14H2/b19-10+;17-12+;2*16-10+/t;;2*19-/m..10/s1. The minimum atomic E-state index is -0.322. The number of hydrogen-bond donors (Lipinski definition) is 4. The van der Waals surface area contributed by atoms with Gasteiger partial charge in [0.15, 0.2) is 22.8 Å². The summed E-state index contributed by atoms with van der Waals surface area (Å²) in [5.41, 5.74) is 18.7. The maximum Gasteiger partial charge on any atom is 0.286 e. The molecular formula is C103H93Cl8F4N13O10. The van der Waals surface area contributed by atoms with Crippen LogP contribution >= 0.6 is 92.8 Å². The molecule has 23 nitrogen and oxygen atoms in total. The van der Waals surface area contributed by atoms with Gasteiger partial charge in [0.25, 0.3) is 23.6 Å². The molecule has 7 aliphatic heterocycles. The van der Waals surface area contributed by atoms with Gasteiger partial charge in [-0.25, -0.2) is 41.3 Å². The first kappa shape index (κ1) is 97.4. The normalized spacial score (nSPS) is 19.6. The number of halogens is 12. The van der Waals surface area contributed by atoms with E-state index in [2.05, 4.69) is 10.7 Å². The SMILES string of the molecule is O=C(NC1CCCCC1)c1nn(-c2ccc(Cl)cc2Cl)c2c1COC/C2=C\c1ccc(F)cc1.O=C(NN1CC2CCCC2C1)c1nn(-c2ccc(Cl)cc2Cl)c2c1COC/C2=C\c1ccc(F)cc1.O=C(c1nn(-c2ccc(Cl)cc2Cl)c2c1COC/C2=C\c1ccc(F)cc1)N1CCC[C@@H]1CO.O=C(c1nn(-c2ccc(Cl)cc2Cl)c2c1COC/C2=C\c1ccc(F)cc1)N1CCC[C@H]1CO. The Hall–Kier alpha value is -10.8. The van der Waals surface area contributed by atoms with E-state index >= 15 is 0 Å². The number of hydrazine groups is 1. The van der Waals surface area contributed by atoms with E-state index < -0.39 is 0 Å². The summed E-state index contributed by atoms with van der Waals surface area (Å²) in [5.74, 6) is -0.915. The van der Waals surface area contributed by atoms with Gasteiger partial charge >= 0.3 is 0 Å². The summed E-state index contributed by atoms with van der Waals surface area (Å²) in [6, 6.07) is 44.9. The van der Waals surface area contributed by atoms with Gasteiger partial charge in [0.2, 0.25) is 0 Å². The number of rotatable bonds is 16. The van der Waals surface area contributed by atoms with Crippen LogP contribution in [0.1, 0.15) is 186 Å². The lowest BCUT2D eigenvalue weighted by Gasteiger charge is -2.23. The van der Waals surface area contributed by atoms with Crippen LogP contribution in [0.25, 0.3) is 69.3 Å². The van der Waals surface area contributed by atoms with E-state index in [1.807, 2.05) is 29.3 Å². The molecule has 35 heteroatoms. The molecule has 0 bridgehead atoms. The average molecular weight is 2030 g/mol. The largest absolute Gasteiger partial charge is 0.394 e. The molecule has 3 saturated heterocycles. The molecule has 9 aliphatic rings. The fraction of sp³-hybridized carbons (Fsp3) is 0.301. The van der Waals surface area contributed by atoms with Gasteiger partial charge in [0.05, 0.1) is 144 Å². The van der Waals surface area contributed by atoms with Gasteiger partial charge in [-0.2, -0.15) is 20.4 Å². The fourth-order valence-corrected chi connectivity index (χ4v) is 21.3. The molecule has 2 unspecified atom stereocenters. The minimum Gasteiger partial charge on any atom is -0.394 e. The lowest BCUT2D eigenvalue weighted by molar-refractivity contribution is 0.0659. The third-order valence-corrected chi connectivity index (χ3v) is 28.2. The number of aromatic nitrogens is 8. The van der Waals surface area contributed by atoms with Crippen molar-refractivity contribution in [1.29, 1.82) is 0 Å². The number of benzene rings is 8. The van der Waals surface area contributed by atoms with Crippen molar-refractivity contribution in [2.45, 2.75) is 122 Å². The Kier molecular flexibility index (Phi) is 30.7. The Balaban J connectivity index is 0.000000122. The number of fused-ring (bicyclic) bond motifs is 5. The van der Waals surface area contributed by atoms with Gasteiger partial charge in [-0.1, -0.05) is 167 Å². The van der Waals surface area contributed by atoms with Crippen LogP contribution in [-0.4, -0.2) is 172 Å². The predicted octanol–water partition coefficient (Wildman–Crippen LogP) is 22.2. The molecular weight excluding hydrogens is 1940 g/mol. The molecule has 0 spiro atoms. The smallest absolute Gasteiger partial charge is 0.286 e. The van der Waals surface area contributed by atoms with Crippen LogP contribution in [0.3, 0.4) is 0 Å². The quantitative estimate of drug-likeness (QED) is 0.0657. The van der Waals surface area contributed by atoms with Crippen LogP contribution < -0.4 is 10.7 Å². The zero-order valence-electron chi connectivity index (χ0n) is 74.4. The van der Waals surface area contributed by atoms with E-state index in [9.17, 15) is 47.0 Å². The first-order valence-corrected chi connectivity index (χ1v) is 48.6. The number of ether oxygens (including phenoxy) is 4. The maximum atomic E-state index is 13.5. The van der Waals surface area contributed by atoms with Crippen LogP contribution in [0.2, 0.25) is 40.2 Å². The number of aliphatic hydroxyl groups is 2. The van der Waals surface area contributed by atoms with Crippen LogP contribution in [0, 0.1) is 35.1 Å². The molecule has 5 fully saturated rings. The Morgan fingerprint density at radius 3 is 0.957 bits per heavy atom. The van der Waals surface area contributed by atoms with Crippen LogP contribution in [0.15, 0.2) is 170 Å². The van der Waals surface area contributed by atoms with E-state index in [-0.39, 0.29) is 129 Å². The molecule has 138 heavy (non-hydrogen) atoms. The summed E-state index contributed by atoms with van der Waals surface area (Å²) >= 11 is 50.6. The van der Waals surface area contributed by atoms with Gasteiger partial charge in [-0.05, 0) is 231 Å². The van der Waals surface area contributed by atoms with E-state index in [1.54, 1.807) is 150 Å². The van der Waals surface area contributed by atoms with Crippen molar-refractivity contribution < 1.29 is 65.9 Å². The summed E-state index contributed by atoms with van der Waals surface area (Å²) in [5, 5.41) is 47.1. The second-order valence-corrected chi connectivity index (χ2v) is 38.5. The average Bonchev–Trinajstić information content (AvgIpc) is 1.62. The number of likely N-dealkylation sites (tertiary alicyclic amines) is 2. The Bertz CT molecular complexity index is 6530. The summed E-state index contributed by atoms with van der Waals surface area (Å²) in [4.78, 5) is 57.2. The summed E-state index contributed by atoms with van der Waals surface area (Å²) in [6.45, 7) is 4.82. The number of nitrogens with one attached hydrogen (secondary N) is 2. The molecule has 12 aromatic rings. The highest BCUT2D eigenvalue weighted by Gasteiger charge is 2.42. The Labute approximate surface area is 833 Å². The molecule has 8 aromatic carbocycles. The highest BCUT2D eigenvalue weighted by atomic mass is 35.5. The molecule has 4 amide bonds. The second-order valence-electron chi connectivity index (χ2n) is 35.1. The number of aliphatic hydroxyl groups excluding tert-OH is 2. The number of carbonyl (C=O) groups is 4. The number of nitrogens with zero attached hydrogens (tertiary/aromatic N) is 11. The summed E-state index contributed by atoms with van der Waals surface area (Å²) in [6.07, 6.45) is 19.9. The highest BCUT2D eigenvalue weighted by molar-refractivity contribution is 6.38. The number of amides is 4. The topological polar surface area (TPSA) is 251 Å². The second kappa shape index (κ2) is 43.5. The minimum absolute atomic E-state index is 0.0934. The van der Waals surface area contributed by atoms with E-state index in [1.165, 1.54) is 74.2 Å². The molecule has 2 aliphatic carbocycles. The lowest BCUT2D eigenvalue weighted by Crippen LogP contribution is -2.41. The van der Waals surface area contributed by atoms with Gasteiger partial charge in [-0.3, -0.25) is 24.6 Å². The van der Waals surface area contributed by atoms with Gasteiger partial charge < -0.3 is 44.3 Å². The monoisotopic (exact) mass is 2030 g/mol. The lowest BCUT2D eigenvalue weighted by atomic mass is 9.95. The van der Waals surface area contributed by atoms with Crippen LogP contribution in [0.4, 0.5) is 17.6 Å². The summed E-state index contributed by atoms with van der Waals surface area (Å²) in [7, 11) is 0. The molecule has 11 heterocycles. The molecule has 2 saturated carbocycles. The number of carbonyl (C=O) groups excluding carboxylic acids is 4. The summed E-state index contributed by atoms with van der Waals surface area (Å²) < 4.78 is 83.9. The Morgan fingerprint density at radius 1 is 0.355 bits per heavy atom. The van der Waals surface area contributed by atoms with E-state index in [0.717, 1.165) is 120 Å². The van der Waals surface area contributed by atoms with Crippen molar-refractivity contribution in [2.24, 2.45) is 11.8 Å². The first-order chi connectivity index (χ1) is 66.9. The zero-order chi connectivity index (χ0) is 96.1. The molecule has 4 aromatic heterocycles. The van der Waals surface area contributed by atoms with E-state index in [0.29, 0.717) is 146 Å². The molecule has 0 radical (unpaired) electrons. The van der Waals surface area contributed by atoms with Gasteiger partial charge in [0.1, 0.15) is 23.3 Å². The Morgan fingerprint density at radius 2 is 0.652 bits per heavy atom. The molecule has 4 atom stereocenters. The predicted molar refractivity (Wildman–Crippen MR) is 527 cm³/mol. The van der Waals surface area contributed by atoms with Crippen molar-refractivity contribution in [3.05, 3.63) is 323 Å². The van der Waals surface area contributed by atoms with Gasteiger partial charge in [0, 0.05) is 96.9 Å². The van der Waals surface area contributed by atoms with Crippen molar-refractivity contribution in [3.63, 3.8) is 0 Å². The van der Waals surface area contributed by atoms with Crippen molar-refractivity contribution in [1.82, 2.24) is 64.7 Å². The van der Waals surface area contributed by atoms with Crippen molar-refractivity contribution in [2.75, 3.05) is 65.8 Å². The van der Waals surface area contributed by atoms with Crippen LogP contribution in [0.5, 0.6) is 0 Å². The third kappa shape index (κ3) is 21.6. The van der Waals surface area contributed by atoms with E-state index in [4.69, 9.17) is 132 Å². The highest BCUT2D eigenvalue weighted by Crippen LogP contribution is 2.44. The van der Waals surface area contributed by atoms with Gasteiger partial charge in [-0.15, -0.1) is 0 Å². The van der Waals surface area contributed by atoms with Crippen LogP contribution in [-0.2, 0) is 45.4 Å². The molecule has 21 rings (SSSR count). The van der Waals surface area contributed by atoms with Crippen molar-refractivity contribution in [3.8, 4) is 22.7 Å². The van der Waals surface area contributed by atoms with Crippen molar-refractivity contribution >= 4 is 163 Å². The molecule has 714 valence electrons. The fourth-order valence-electron chi connectivity index (χ4n) is 19.4. The maximum absolute atomic E-state index is 13.5. The molecule has 4 N–H and O–H groups in total.